The van der Waals surface area contributed by atoms with Crippen LogP contribution in [0.5, 0.6) is 0 Å². The maximum absolute atomic E-state index is 12.3. The van der Waals surface area contributed by atoms with Crippen molar-refractivity contribution in [3.05, 3.63) is 44.8 Å². The molecule has 19 heavy (non-hydrogen) atoms. The number of pyridine rings is 1. The van der Waals surface area contributed by atoms with Gasteiger partial charge in [0.1, 0.15) is 10.0 Å². The second kappa shape index (κ2) is 5.76. The lowest BCUT2D eigenvalue weighted by Crippen LogP contribution is -2.26. The second-order valence-corrected chi connectivity index (χ2v) is 7.63. The fourth-order valence-electron chi connectivity index (χ4n) is 1.43. The summed E-state index contributed by atoms with van der Waals surface area (Å²) in [5.41, 5.74) is 0. The molecule has 0 aliphatic carbocycles. The van der Waals surface area contributed by atoms with Gasteiger partial charge in [-0.15, -0.1) is 11.3 Å². The quantitative estimate of drug-likeness (QED) is 0.805. The minimum absolute atomic E-state index is 0.0287. The molecular formula is C11H10Cl2N2O2S2. The van der Waals surface area contributed by atoms with E-state index in [2.05, 4.69) is 4.98 Å². The van der Waals surface area contributed by atoms with Crippen molar-refractivity contribution in [3.8, 4) is 0 Å². The molecule has 0 aliphatic rings. The molecule has 0 radical (unpaired) electrons. The maximum atomic E-state index is 12.3. The van der Waals surface area contributed by atoms with Crippen LogP contribution in [0.1, 0.15) is 4.88 Å². The molecule has 0 spiro atoms. The molecule has 4 nitrogen and oxygen atoms in total. The first kappa shape index (κ1) is 14.7. The number of aromatic nitrogens is 1. The molecule has 2 aromatic rings. The van der Waals surface area contributed by atoms with Crippen LogP contribution in [0, 0.1) is 0 Å². The van der Waals surface area contributed by atoms with Gasteiger partial charge in [-0.3, -0.25) is 0 Å². The van der Waals surface area contributed by atoms with Gasteiger partial charge in [0, 0.05) is 24.7 Å². The Bertz CT molecular complexity index is 672. The Morgan fingerprint density at radius 3 is 2.74 bits per heavy atom. The molecule has 0 aliphatic heterocycles. The number of nitrogens with zero attached hydrogens (tertiary/aromatic N) is 2. The predicted octanol–water partition coefficient (Wildman–Crippen LogP) is 3.27. The van der Waals surface area contributed by atoms with E-state index in [1.807, 2.05) is 17.5 Å². The van der Waals surface area contributed by atoms with Crippen molar-refractivity contribution in [1.82, 2.24) is 9.29 Å². The van der Waals surface area contributed by atoms with Crippen molar-refractivity contribution >= 4 is 44.6 Å². The van der Waals surface area contributed by atoms with Gasteiger partial charge < -0.3 is 0 Å². The molecule has 0 N–H and O–H groups in total. The summed E-state index contributed by atoms with van der Waals surface area (Å²) >= 11 is 13.0. The van der Waals surface area contributed by atoms with E-state index < -0.39 is 10.0 Å². The number of rotatable bonds is 4. The first-order chi connectivity index (χ1) is 8.91. The van der Waals surface area contributed by atoms with Gasteiger partial charge in [0.25, 0.3) is 0 Å². The summed E-state index contributed by atoms with van der Waals surface area (Å²) in [6, 6.07) is 5.06. The van der Waals surface area contributed by atoms with E-state index in [1.54, 1.807) is 0 Å². The molecule has 0 aromatic carbocycles. The fourth-order valence-corrected chi connectivity index (χ4v) is 3.73. The van der Waals surface area contributed by atoms with Crippen LogP contribution in [0.2, 0.25) is 10.2 Å². The van der Waals surface area contributed by atoms with Crippen LogP contribution in [0.15, 0.2) is 34.7 Å². The fraction of sp³-hybridized carbons (Fsp3) is 0.182. The number of sulfonamides is 1. The topological polar surface area (TPSA) is 50.3 Å². The van der Waals surface area contributed by atoms with E-state index in [0.29, 0.717) is 6.54 Å². The Balaban J connectivity index is 2.28. The Morgan fingerprint density at radius 1 is 1.42 bits per heavy atom. The van der Waals surface area contributed by atoms with Gasteiger partial charge in [-0.05, 0) is 17.5 Å². The zero-order valence-electron chi connectivity index (χ0n) is 9.88. The van der Waals surface area contributed by atoms with Gasteiger partial charge >= 0.3 is 0 Å². The SMILES string of the molecule is CN(Cc1cccs1)S(=O)(=O)c1cnc(Cl)c(Cl)c1. The molecule has 2 aromatic heterocycles. The summed E-state index contributed by atoms with van der Waals surface area (Å²) in [7, 11) is -2.11. The minimum Gasteiger partial charge on any atom is -0.242 e. The molecule has 0 saturated heterocycles. The number of hydrogen-bond donors (Lipinski definition) is 0. The molecule has 2 heterocycles. The molecule has 8 heteroatoms. The lowest BCUT2D eigenvalue weighted by molar-refractivity contribution is 0.469. The lowest BCUT2D eigenvalue weighted by Gasteiger charge is -2.16. The normalized spacial score (nSPS) is 12.0. The standard InChI is InChI=1S/C11H10Cl2N2O2S2/c1-15(7-8-3-2-4-18-8)19(16,17)9-5-10(12)11(13)14-6-9/h2-6H,7H2,1H3. The molecule has 2 rings (SSSR count). The summed E-state index contributed by atoms with van der Waals surface area (Å²) in [4.78, 5) is 4.74. The number of thiophene rings is 1. The molecule has 0 amide bonds. The molecule has 0 unspecified atom stereocenters. The van der Waals surface area contributed by atoms with E-state index in [4.69, 9.17) is 23.2 Å². The van der Waals surface area contributed by atoms with Crippen molar-refractivity contribution in [2.75, 3.05) is 7.05 Å². The van der Waals surface area contributed by atoms with Gasteiger partial charge in [-0.25, -0.2) is 13.4 Å². The smallest absolute Gasteiger partial charge is 0.242 e. The summed E-state index contributed by atoms with van der Waals surface area (Å²) < 4.78 is 25.9. The Labute approximate surface area is 125 Å². The van der Waals surface area contributed by atoms with Gasteiger partial charge in [0.05, 0.1) is 5.02 Å². The zero-order chi connectivity index (χ0) is 14.0. The third-order valence-corrected chi connectivity index (χ3v) is 5.75. The van der Waals surface area contributed by atoms with Crippen LogP contribution >= 0.6 is 34.5 Å². The zero-order valence-corrected chi connectivity index (χ0v) is 13.0. The highest BCUT2D eigenvalue weighted by atomic mass is 35.5. The van der Waals surface area contributed by atoms with Crippen LogP contribution in [-0.4, -0.2) is 24.8 Å². The average molecular weight is 337 g/mol. The minimum atomic E-state index is -3.62. The molecule has 102 valence electrons. The third kappa shape index (κ3) is 3.27. The lowest BCUT2D eigenvalue weighted by atomic mass is 10.5. The van der Waals surface area contributed by atoms with Crippen LogP contribution in [0.4, 0.5) is 0 Å². The largest absolute Gasteiger partial charge is 0.244 e. The maximum Gasteiger partial charge on any atom is 0.244 e. The summed E-state index contributed by atoms with van der Waals surface area (Å²) in [6.07, 6.45) is 1.20. The first-order valence-electron chi connectivity index (χ1n) is 5.21. The van der Waals surface area contributed by atoms with Crippen molar-refractivity contribution in [2.45, 2.75) is 11.4 Å². The monoisotopic (exact) mass is 336 g/mol. The van der Waals surface area contributed by atoms with Crippen molar-refractivity contribution in [2.24, 2.45) is 0 Å². The van der Waals surface area contributed by atoms with Gasteiger partial charge in [-0.2, -0.15) is 4.31 Å². The molecule has 0 saturated carbocycles. The van der Waals surface area contributed by atoms with E-state index in [0.717, 1.165) is 4.88 Å². The van der Waals surface area contributed by atoms with Crippen molar-refractivity contribution in [3.63, 3.8) is 0 Å². The van der Waals surface area contributed by atoms with Crippen molar-refractivity contribution < 1.29 is 8.42 Å². The highest BCUT2D eigenvalue weighted by Crippen LogP contribution is 2.24. The molecular weight excluding hydrogens is 327 g/mol. The molecule has 0 atom stereocenters. The second-order valence-electron chi connectivity index (χ2n) is 3.78. The Hall–Kier alpha value is -0.660. The van der Waals surface area contributed by atoms with E-state index in [9.17, 15) is 8.42 Å². The van der Waals surface area contributed by atoms with Crippen LogP contribution in [-0.2, 0) is 16.6 Å². The van der Waals surface area contributed by atoms with E-state index in [-0.39, 0.29) is 15.1 Å². The number of halogens is 2. The van der Waals surface area contributed by atoms with Crippen LogP contribution < -0.4 is 0 Å². The summed E-state index contributed by atoms with van der Waals surface area (Å²) in [5.74, 6) is 0. The molecule has 0 bridgehead atoms. The Kier molecular flexibility index (Phi) is 4.47. The van der Waals surface area contributed by atoms with E-state index >= 15 is 0 Å². The molecule has 0 fully saturated rings. The van der Waals surface area contributed by atoms with Gasteiger partial charge in [0.2, 0.25) is 10.0 Å². The summed E-state index contributed by atoms with van der Waals surface area (Å²) in [6.45, 7) is 0.306. The van der Waals surface area contributed by atoms with Crippen molar-refractivity contribution in [1.29, 1.82) is 0 Å². The summed E-state index contributed by atoms with van der Waals surface area (Å²) in [5, 5.41) is 2.10. The van der Waals surface area contributed by atoms with Crippen LogP contribution in [0.3, 0.4) is 0 Å². The highest BCUT2D eigenvalue weighted by molar-refractivity contribution is 7.89. The van der Waals surface area contributed by atoms with Crippen LogP contribution in [0.25, 0.3) is 0 Å². The highest BCUT2D eigenvalue weighted by Gasteiger charge is 2.22. The first-order valence-corrected chi connectivity index (χ1v) is 8.28. The third-order valence-electron chi connectivity index (χ3n) is 2.44. The van der Waals surface area contributed by atoms with E-state index in [1.165, 1.54) is 35.0 Å². The predicted molar refractivity (Wildman–Crippen MR) is 77.2 cm³/mol. The Morgan fingerprint density at radius 2 is 2.16 bits per heavy atom. The van der Waals surface area contributed by atoms with Gasteiger partial charge in [-0.1, -0.05) is 29.3 Å². The number of hydrogen-bond acceptors (Lipinski definition) is 4. The average Bonchev–Trinajstić information content (AvgIpc) is 2.85. The van der Waals surface area contributed by atoms with Gasteiger partial charge in [0.15, 0.2) is 0 Å².